The van der Waals surface area contributed by atoms with E-state index in [1.165, 1.54) is 154 Å². The van der Waals surface area contributed by atoms with Gasteiger partial charge in [-0.15, -0.1) is 0 Å². The van der Waals surface area contributed by atoms with Crippen LogP contribution in [-0.2, 0) is 23.8 Å². The lowest BCUT2D eigenvalue weighted by Crippen LogP contribution is -2.60. The van der Waals surface area contributed by atoms with Crippen LogP contribution in [0.2, 0.25) is 0 Å². The molecule has 6 N–H and O–H groups in total. The Kier molecular flexibility index (Phi) is 49.1. The van der Waals surface area contributed by atoms with Crippen LogP contribution >= 0.6 is 0 Å². The second-order valence-corrected chi connectivity index (χ2v) is 21.0. The van der Waals surface area contributed by atoms with Crippen LogP contribution < -0.4 is 5.32 Å². The minimum atomic E-state index is -1.58. The molecule has 74 heavy (non-hydrogen) atoms. The Bertz CT molecular complexity index is 1410. The fraction of sp³-hybridized carbons (Fsp3) is 0.810. The predicted octanol–water partition coefficient (Wildman–Crippen LogP) is 14.2. The van der Waals surface area contributed by atoms with E-state index in [2.05, 4.69) is 54.8 Å². The third kappa shape index (κ3) is 41.5. The quantitative estimate of drug-likeness (QED) is 0.0195. The number of aliphatic hydroxyl groups excluding tert-OH is 5. The molecule has 0 spiro atoms. The van der Waals surface area contributed by atoms with Gasteiger partial charge in [0.15, 0.2) is 6.29 Å². The molecule has 11 heteroatoms. The summed E-state index contributed by atoms with van der Waals surface area (Å²) in [6.45, 7) is 4.06. The molecule has 1 heterocycles. The van der Waals surface area contributed by atoms with Crippen molar-refractivity contribution in [2.24, 2.45) is 0 Å². The topological polar surface area (TPSA) is 175 Å². The first kappa shape index (κ1) is 69.4. The third-order valence-corrected chi connectivity index (χ3v) is 14.1. The van der Waals surface area contributed by atoms with Crippen molar-refractivity contribution in [1.29, 1.82) is 0 Å². The lowest BCUT2D eigenvalue weighted by Gasteiger charge is -2.40. The van der Waals surface area contributed by atoms with E-state index in [9.17, 15) is 35.1 Å². The number of ether oxygens (including phenoxy) is 3. The van der Waals surface area contributed by atoms with Gasteiger partial charge in [0.1, 0.15) is 24.4 Å². The van der Waals surface area contributed by atoms with E-state index in [0.717, 1.165) is 77.0 Å². The monoisotopic (exact) mass is 1040 g/mol. The third-order valence-electron chi connectivity index (χ3n) is 14.1. The van der Waals surface area contributed by atoms with Crippen LogP contribution in [0.3, 0.4) is 0 Å². The number of carbonyl (C=O) groups is 2. The average molecular weight is 1040 g/mol. The van der Waals surface area contributed by atoms with Gasteiger partial charge in [0.2, 0.25) is 5.91 Å². The van der Waals surface area contributed by atoms with Gasteiger partial charge in [-0.25, -0.2) is 0 Å². The zero-order valence-corrected chi connectivity index (χ0v) is 47.3. The van der Waals surface area contributed by atoms with Crippen LogP contribution in [0.1, 0.15) is 264 Å². The number of rotatable bonds is 52. The summed E-state index contributed by atoms with van der Waals surface area (Å²) in [7, 11) is 0. The summed E-state index contributed by atoms with van der Waals surface area (Å²) in [6.07, 6.45) is 57.8. The van der Waals surface area contributed by atoms with Crippen LogP contribution in [0.25, 0.3) is 0 Å². The summed E-state index contributed by atoms with van der Waals surface area (Å²) in [4.78, 5) is 25.1. The molecule has 1 rings (SSSR count). The van der Waals surface area contributed by atoms with Gasteiger partial charge >= 0.3 is 5.97 Å². The highest BCUT2D eigenvalue weighted by atomic mass is 16.7. The first-order chi connectivity index (χ1) is 36.2. The van der Waals surface area contributed by atoms with E-state index in [-0.39, 0.29) is 18.5 Å². The van der Waals surface area contributed by atoms with Crippen molar-refractivity contribution in [3.8, 4) is 0 Å². The number of unbranched alkanes of at least 4 members (excludes halogenated alkanes) is 31. The molecule has 430 valence electrons. The van der Waals surface area contributed by atoms with Crippen molar-refractivity contribution in [1.82, 2.24) is 5.32 Å². The van der Waals surface area contributed by atoms with E-state index in [4.69, 9.17) is 14.2 Å². The number of hydrogen-bond donors (Lipinski definition) is 6. The van der Waals surface area contributed by atoms with Crippen LogP contribution in [0.15, 0.2) is 60.8 Å². The van der Waals surface area contributed by atoms with Crippen LogP contribution in [-0.4, -0.2) is 100 Å². The average Bonchev–Trinajstić information content (AvgIpc) is 3.40. The highest BCUT2D eigenvalue weighted by Crippen LogP contribution is 2.23. The molecule has 0 aliphatic carbocycles. The molecule has 0 bridgehead atoms. The summed E-state index contributed by atoms with van der Waals surface area (Å²) in [5.74, 6) is -0.222. The summed E-state index contributed by atoms with van der Waals surface area (Å²) in [6, 6.07) is -0.841. The molecule has 1 aliphatic heterocycles. The number of esters is 1. The predicted molar refractivity (Wildman–Crippen MR) is 306 cm³/mol. The first-order valence-corrected chi connectivity index (χ1v) is 30.5. The van der Waals surface area contributed by atoms with Gasteiger partial charge < -0.3 is 45.1 Å². The molecule has 7 atom stereocenters. The number of hydrogen-bond acceptors (Lipinski definition) is 10. The Morgan fingerprint density at radius 1 is 0.514 bits per heavy atom. The first-order valence-electron chi connectivity index (χ1n) is 30.5. The molecule has 1 amide bonds. The minimum absolute atomic E-state index is 0.0128. The molecule has 0 saturated carbocycles. The van der Waals surface area contributed by atoms with Gasteiger partial charge in [-0.05, 0) is 103 Å². The minimum Gasteiger partial charge on any atom is -0.466 e. The van der Waals surface area contributed by atoms with Crippen molar-refractivity contribution >= 4 is 11.9 Å². The van der Waals surface area contributed by atoms with Gasteiger partial charge in [-0.3, -0.25) is 9.59 Å². The Balaban J connectivity index is 2.01. The maximum Gasteiger partial charge on any atom is 0.305 e. The summed E-state index contributed by atoms with van der Waals surface area (Å²) < 4.78 is 16.7. The van der Waals surface area contributed by atoms with Gasteiger partial charge in [0, 0.05) is 12.8 Å². The zero-order valence-electron chi connectivity index (χ0n) is 47.3. The van der Waals surface area contributed by atoms with Crippen molar-refractivity contribution in [3.05, 3.63) is 60.8 Å². The highest BCUT2D eigenvalue weighted by molar-refractivity contribution is 5.76. The SMILES string of the molecule is C/C=C/CC/C=C/CC/C=C/C(O)C(COC1OC(CO)C(O)C(O)C1O)NC(=O)CCCCCCCCC/C=C\CCCCCCCCCCCOC(=O)CCCCCCCCC/C=C\CCCCCCCC. The van der Waals surface area contributed by atoms with Crippen LogP contribution in [0, 0.1) is 0 Å². The van der Waals surface area contributed by atoms with Gasteiger partial charge in [-0.2, -0.15) is 0 Å². The van der Waals surface area contributed by atoms with E-state index in [1.807, 2.05) is 19.1 Å². The molecule has 7 unspecified atom stereocenters. The number of carbonyl (C=O) groups excluding carboxylic acids is 2. The van der Waals surface area contributed by atoms with Crippen molar-refractivity contribution < 1.29 is 49.3 Å². The normalized spacial score (nSPS) is 19.3. The largest absolute Gasteiger partial charge is 0.466 e. The van der Waals surface area contributed by atoms with Crippen molar-refractivity contribution in [2.45, 2.75) is 307 Å². The Morgan fingerprint density at radius 3 is 1.42 bits per heavy atom. The number of nitrogens with one attached hydrogen (secondary N) is 1. The molecule has 1 saturated heterocycles. The summed E-state index contributed by atoms with van der Waals surface area (Å²) in [5, 5.41) is 54.1. The van der Waals surface area contributed by atoms with E-state index >= 15 is 0 Å². The Labute approximate surface area is 452 Å². The van der Waals surface area contributed by atoms with Crippen LogP contribution in [0.5, 0.6) is 0 Å². The van der Waals surface area contributed by atoms with Gasteiger partial charge in [-0.1, -0.05) is 209 Å². The standard InChI is InChI=1S/C63H113NO10/c1-3-5-7-9-11-13-14-15-16-21-25-28-31-35-39-43-47-51-59(68)72-52-48-44-40-36-32-29-26-23-20-18-17-19-22-24-27-30-34-38-42-46-50-58(67)64-55(56(66)49-45-41-37-33-12-10-8-6-4-2)54-73-63-62(71)61(70)60(69)57(53-65)74-63/h4,6,12,15-17,19,33,45,49,55-57,60-63,65-66,69-71H,3,5,7-11,13-14,18,20-32,34-44,46-48,50-54H2,1-2H3,(H,64,67)/b6-4+,16-15-,19-17-,33-12+,49-45+. The second kappa shape index (κ2) is 52.4. The maximum absolute atomic E-state index is 13.0. The summed E-state index contributed by atoms with van der Waals surface area (Å²) >= 11 is 0. The fourth-order valence-electron chi connectivity index (χ4n) is 9.29. The van der Waals surface area contributed by atoms with Crippen molar-refractivity contribution in [3.63, 3.8) is 0 Å². The zero-order chi connectivity index (χ0) is 53.8. The molecule has 0 radical (unpaired) electrons. The Morgan fingerprint density at radius 2 is 0.932 bits per heavy atom. The number of allylic oxidation sites excluding steroid dienone is 9. The smallest absolute Gasteiger partial charge is 0.305 e. The maximum atomic E-state index is 13.0. The lowest BCUT2D eigenvalue weighted by molar-refractivity contribution is -0.302. The van der Waals surface area contributed by atoms with E-state index < -0.39 is 49.5 Å². The molecule has 1 aliphatic rings. The number of amides is 1. The van der Waals surface area contributed by atoms with E-state index in [1.54, 1.807) is 6.08 Å². The highest BCUT2D eigenvalue weighted by Gasteiger charge is 2.44. The van der Waals surface area contributed by atoms with Crippen LogP contribution in [0.4, 0.5) is 0 Å². The van der Waals surface area contributed by atoms with E-state index in [0.29, 0.717) is 25.9 Å². The Hall–Kier alpha value is -2.64. The second-order valence-electron chi connectivity index (χ2n) is 21.0. The molecule has 11 nitrogen and oxygen atoms in total. The molecule has 0 aromatic heterocycles. The van der Waals surface area contributed by atoms with Gasteiger partial charge in [0.05, 0.1) is 32.0 Å². The summed E-state index contributed by atoms with van der Waals surface area (Å²) in [5.41, 5.74) is 0. The molecule has 0 aromatic carbocycles. The van der Waals surface area contributed by atoms with Gasteiger partial charge in [0.25, 0.3) is 0 Å². The lowest BCUT2D eigenvalue weighted by atomic mass is 9.99. The number of aliphatic hydroxyl groups is 5. The molecule has 1 fully saturated rings. The fourth-order valence-corrected chi connectivity index (χ4v) is 9.29. The molecular weight excluding hydrogens is 931 g/mol. The molecular formula is C63H113NO10. The van der Waals surface area contributed by atoms with Crippen molar-refractivity contribution in [2.75, 3.05) is 19.8 Å². The molecule has 0 aromatic rings.